The predicted octanol–water partition coefficient (Wildman–Crippen LogP) is 2.37. The van der Waals surface area contributed by atoms with Crippen LogP contribution in [0.5, 0.6) is 5.75 Å². The number of esters is 1. The molecular formula is C15H19NO2. The molecule has 0 aromatic heterocycles. The molecular weight excluding hydrogens is 226 g/mol. The lowest BCUT2D eigenvalue weighted by Gasteiger charge is -2.35. The van der Waals surface area contributed by atoms with Gasteiger partial charge >= 0.3 is 5.97 Å². The van der Waals surface area contributed by atoms with Crippen LogP contribution in [-0.4, -0.2) is 19.1 Å². The Balaban J connectivity index is 1.78. The first kappa shape index (κ1) is 11.7. The molecule has 0 amide bonds. The molecule has 1 aromatic rings. The van der Waals surface area contributed by atoms with Crippen molar-refractivity contribution in [3.8, 4) is 5.75 Å². The third kappa shape index (κ3) is 1.93. The van der Waals surface area contributed by atoms with Gasteiger partial charge in [-0.2, -0.15) is 0 Å². The van der Waals surface area contributed by atoms with Crippen LogP contribution < -0.4 is 10.1 Å². The van der Waals surface area contributed by atoms with Crippen LogP contribution in [0.1, 0.15) is 25.7 Å². The van der Waals surface area contributed by atoms with E-state index in [1.807, 2.05) is 30.3 Å². The number of para-hydroxylation sites is 1. The van der Waals surface area contributed by atoms with Crippen LogP contribution in [0.3, 0.4) is 0 Å². The summed E-state index contributed by atoms with van der Waals surface area (Å²) in [4.78, 5) is 12.5. The van der Waals surface area contributed by atoms with Crippen molar-refractivity contribution in [2.24, 2.45) is 11.3 Å². The second-order valence-corrected chi connectivity index (χ2v) is 5.43. The molecule has 3 rings (SSSR count). The maximum atomic E-state index is 12.5. The van der Waals surface area contributed by atoms with Crippen molar-refractivity contribution in [3.05, 3.63) is 30.3 Å². The molecule has 1 N–H and O–H groups in total. The van der Waals surface area contributed by atoms with Crippen molar-refractivity contribution < 1.29 is 9.53 Å². The summed E-state index contributed by atoms with van der Waals surface area (Å²) in [6.45, 7) is 1.74. The van der Waals surface area contributed by atoms with E-state index in [1.54, 1.807) is 0 Å². The molecule has 1 aliphatic carbocycles. The lowest BCUT2D eigenvalue weighted by molar-refractivity contribution is -0.149. The SMILES string of the molecule is O=C(Oc1ccccc1)C12CCCCC1CNC2. The first-order valence-corrected chi connectivity index (χ1v) is 6.79. The van der Waals surface area contributed by atoms with Crippen molar-refractivity contribution in [1.29, 1.82) is 0 Å². The molecule has 0 radical (unpaired) electrons. The van der Waals surface area contributed by atoms with Gasteiger partial charge in [-0.3, -0.25) is 4.79 Å². The molecule has 0 bridgehead atoms. The van der Waals surface area contributed by atoms with Crippen molar-refractivity contribution in [1.82, 2.24) is 5.32 Å². The Labute approximate surface area is 108 Å². The Morgan fingerprint density at radius 1 is 1.28 bits per heavy atom. The zero-order chi connectivity index (χ0) is 12.4. The number of hydrogen-bond acceptors (Lipinski definition) is 3. The molecule has 1 saturated carbocycles. The Bertz CT molecular complexity index is 431. The van der Waals surface area contributed by atoms with Gasteiger partial charge in [0.15, 0.2) is 0 Å². The molecule has 1 aromatic carbocycles. The van der Waals surface area contributed by atoms with Crippen molar-refractivity contribution in [2.45, 2.75) is 25.7 Å². The summed E-state index contributed by atoms with van der Waals surface area (Å²) in [6.07, 6.45) is 4.50. The summed E-state index contributed by atoms with van der Waals surface area (Å²) >= 11 is 0. The van der Waals surface area contributed by atoms with E-state index < -0.39 is 0 Å². The number of rotatable bonds is 2. The summed E-state index contributed by atoms with van der Waals surface area (Å²) < 4.78 is 5.58. The smallest absolute Gasteiger partial charge is 0.319 e. The van der Waals surface area contributed by atoms with Crippen molar-refractivity contribution in [3.63, 3.8) is 0 Å². The molecule has 1 heterocycles. The Kier molecular flexibility index (Phi) is 3.08. The highest BCUT2D eigenvalue weighted by molar-refractivity contribution is 5.80. The van der Waals surface area contributed by atoms with Crippen LogP contribution in [0, 0.1) is 11.3 Å². The maximum absolute atomic E-state index is 12.5. The number of fused-ring (bicyclic) bond motifs is 1. The normalized spacial score (nSPS) is 30.8. The summed E-state index contributed by atoms with van der Waals surface area (Å²) in [5.41, 5.74) is -0.270. The zero-order valence-electron chi connectivity index (χ0n) is 10.5. The summed E-state index contributed by atoms with van der Waals surface area (Å²) in [7, 11) is 0. The topological polar surface area (TPSA) is 38.3 Å². The quantitative estimate of drug-likeness (QED) is 0.642. The largest absolute Gasteiger partial charge is 0.426 e. The van der Waals surface area contributed by atoms with Crippen LogP contribution in [0.25, 0.3) is 0 Å². The predicted molar refractivity (Wildman–Crippen MR) is 69.3 cm³/mol. The van der Waals surface area contributed by atoms with Gasteiger partial charge in [0.05, 0.1) is 5.41 Å². The second kappa shape index (κ2) is 4.73. The zero-order valence-corrected chi connectivity index (χ0v) is 10.5. The number of ether oxygens (including phenoxy) is 1. The van der Waals surface area contributed by atoms with Gasteiger partial charge in [-0.25, -0.2) is 0 Å². The minimum Gasteiger partial charge on any atom is -0.426 e. The van der Waals surface area contributed by atoms with E-state index in [4.69, 9.17) is 4.74 Å². The molecule has 2 unspecified atom stereocenters. The van der Waals surface area contributed by atoms with Crippen LogP contribution in [0.4, 0.5) is 0 Å². The van der Waals surface area contributed by atoms with Gasteiger partial charge in [0.25, 0.3) is 0 Å². The molecule has 3 heteroatoms. The van der Waals surface area contributed by atoms with E-state index in [9.17, 15) is 4.79 Å². The number of nitrogens with one attached hydrogen (secondary N) is 1. The van der Waals surface area contributed by atoms with Crippen molar-refractivity contribution >= 4 is 5.97 Å². The van der Waals surface area contributed by atoms with Crippen LogP contribution in [-0.2, 0) is 4.79 Å². The van der Waals surface area contributed by atoms with E-state index in [0.29, 0.717) is 11.7 Å². The first-order valence-electron chi connectivity index (χ1n) is 6.79. The van der Waals surface area contributed by atoms with Crippen LogP contribution >= 0.6 is 0 Å². The van der Waals surface area contributed by atoms with Crippen molar-refractivity contribution in [2.75, 3.05) is 13.1 Å². The molecule has 1 saturated heterocycles. The molecule has 96 valence electrons. The molecule has 18 heavy (non-hydrogen) atoms. The highest BCUT2D eigenvalue weighted by Gasteiger charge is 2.51. The molecule has 3 nitrogen and oxygen atoms in total. The van der Waals surface area contributed by atoms with Gasteiger partial charge in [0.1, 0.15) is 5.75 Å². The summed E-state index contributed by atoms with van der Waals surface area (Å²) in [5.74, 6) is 1.08. The van der Waals surface area contributed by atoms with E-state index in [2.05, 4.69) is 5.32 Å². The van der Waals surface area contributed by atoms with Crippen LogP contribution in [0.2, 0.25) is 0 Å². The van der Waals surface area contributed by atoms with Gasteiger partial charge < -0.3 is 10.1 Å². The highest BCUT2D eigenvalue weighted by Crippen LogP contribution is 2.44. The van der Waals surface area contributed by atoms with E-state index >= 15 is 0 Å². The van der Waals surface area contributed by atoms with E-state index in [1.165, 1.54) is 6.42 Å². The lowest BCUT2D eigenvalue weighted by atomic mass is 9.68. The second-order valence-electron chi connectivity index (χ2n) is 5.43. The first-order chi connectivity index (χ1) is 8.81. The minimum absolute atomic E-state index is 0.0385. The van der Waals surface area contributed by atoms with E-state index in [0.717, 1.165) is 32.4 Å². The van der Waals surface area contributed by atoms with Gasteiger partial charge in [-0.15, -0.1) is 0 Å². The third-order valence-electron chi connectivity index (χ3n) is 4.40. The molecule has 2 fully saturated rings. The van der Waals surface area contributed by atoms with Gasteiger partial charge in [0, 0.05) is 6.54 Å². The fourth-order valence-electron chi connectivity index (χ4n) is 3.35. The lowest BCUT2D eigenvalue weighted by Crippen LogP contribution is -2.43. The van der Waals surface area contributed by atoms with Gasteiger partial charge in [0.2, 0.25) is 0 Å². The maximum Gasteiger partial charge on any atom is 0.319 e. The minimum atomic E-state index is -0.270. The molecule has 2 atom stereocenters. The molecule has 1 aliphatic heterocycles. The Morgan fingerprint density at radius 2 is 2.11 bits per heavy atom. The molecule has 2 aliphatic rings. The Hall–Kier alpha value is -1.35. The summed E-state index contributed by atoms with van der Waals surface area (Å²) in [5, 5.41) is 3.37. The number of carbonyl (C=O) groups excluding carboxylic acids is 1. The average molecular weight is 245 g/mol. The number of hydrogen-bond donors (Lipinski definition) is 1. The van der Waals surface area contributed by atoms with E-state index in [-0.39, 0.29) is 11.4 Å². The number of carbonyl (C=O) groups is 1. The fraction of sp³-hybridized carbons (Fsp3) is 0.533. The standard InChI is InChI=1S/C15H19NO2/c17-14(18-13-7-2-1-3-8-13)15-9-5-4-6-12(15)10-16-11-15/h1-3,7-8,12,16H,4-6,9-11H2. The highest BCUT2D eigenvalue weighted by atomic mass is 16.5. The van der Waals surface area contributed by atoms with Gasteiger partial charge in [-0.1, -0.05) is 31.0 Å². The molecule has 0 spiro atoms. The average Bonchev–Trinajstić information content (AvgIpc) is 2.85. The van der Waals surface area contributed by atoms with Crippen LogP contribution in [0.15, 0.2) is 30.3 Å². The third-order valence-corrected chi connectivity index (χ3v) is 4.40. The van der Waals surface area contributed by atoms with Gasteiger partial charge in [-0.05, 0) is 37.4 Å². The summed E-state index contributed by atoms with van der Waals surface area (Å²) in [6, 6.07) is 9.40. The fourth-order valence-corrected chi connectivity index (χ4v) is 3.35. The Morgan fingerprint density at radius 3 is 2.94 bits per heavy atom. The number of benzene rings is 1. The monoisotopic (exact) mass is 245 g/mol.